The summed E-state index contributed by atoms with van der Waals surface area (Å²) in [5.74, 6) is -0.206. The van der Waals surface area contributed by atoms with Crippen molar-refractivity contribution in [1.82, 2.24) is 5.32 Å². The van der Waals surface area contributed by atoms with Gasteiger partial charge in [-0.2, -0.15) is 0 Å². The first kappa shape index (κ1) is 19.7. The first-order valence-electron chi connectivity index (χ1n) is 8.94. The van der Waals surface area contributed by atoms with Crippen LogP contribution in [0.4, 0.5) is 5.69 Å². The lowest BCUT2D eigenvalue weighted by Crippen LogP contribution is -2.40. The molecule has 4 nitrogen and oxygen atoms in total. The molecule has 0 atom stereocenters. The normalized spacial score (nSPS) is 11.2. The minimum Gasteiger partial charge on any atom is -0.347 e. The highest BCUT2D eigenvalue weighted by atomic mass is 16.2. The van der Waals surface area contributed by atoms with Gasteiger partial charge < -0.3 is 10.2 Å². The van der Waals surface area contributed by atoms with Crippen molar-refractivity contribution in [3.63, 3.8) is 0 Å². The fraction of sp³-hybridized carbons (Fsp3) is 0.364. The van der Waals surface area contributed by atoms with Gasteiger partial charge in [0.05, 0.1) is 0 Å². The van der Waals surface area contributed by atoms with Gasteiger partial charge in [-0.25, -0.2) is 0 Å². The highest BCUT2D eigenvalue weighted by Crippen LogP contribution is 2.23. The van der Waals surface area contributed by atoms with Crippen LogP contribution in [-0.4, -0.2) is 23.9 Å². The Morgan fingerprint density at radius 3 is 2.08 bits per heavy atom. The van der Waals surface area contributed by atoms with Gasteiger partial charge in [0.2, 0.25) is 0 Å². The quantitative estimate of drug-likeness (QED) is 0.881. The minimum absolute atomic E-state index is 0.0658. The lowest BCUT2D eigenvalue weighted by Gasteiger charge is -2.24. The maximum absolute atomic E-state index is 13.0. The third kappa shape index (κ3) is 4.72. The van der Waals surface area contributed by atoms with Gasteiger partial charge >= 0.3 is 0 Å². The van der Waals surface area contributed by atoms with Gasteiger partial charge in [0.15, 0.2) is 0 Å². The second-order valence-electron chi connectivity index (χ2n) is 7.62. The largest absolute Gasteiger partial charge is 0.347 e. The predicted octanol–water partition coefficient (Wildman–Crippen LogP) is 4.50. The fourth-order valence-corrected chi connectivity index (χ4v) is 2.77. The fourth-order valence-electron chi connectivity index (χ4n) is 2.77. The Morgan fingerprint density at radius 2 is 1.54 bits per heavy atom. The number of hydrogen-bond acceptors (Lipinski definition) is 2. The highest BCUT2D eigenvalue weighted by Gasteiger charge is 2.19. The van der Waals surface area contributed by atoms with E-state index in [9.17, 15) is 9.59 Å². The molecule has 26 heavy (non-hydrogen) atoms. The van der Waals surface area contributed by atoms with Gasteiger partial charge in [-0.15, -0.1) is 0 Å². The second kappa shape index (κ2) is 7.73. The molecule has 0 aliphatic carbocycles. The molecule has 2 aromatic rings. The molecule has 0 saturated heterocycles. The van der Waals surface area contributed by atoms with Gasteiger partial charge in [-0.05, 0) is 83.0 Å². The van der Waals surface area contributed by atoms with Crippen LogP contribution in [-0.2, 0) is 0 Å². The Hall–Kier alpha value is -2.62. The molecule has 0 unspecified atom stereocenters. The van der Waals surface area contributed by atoms with E-state index in [1.807, 2.05) is 59.7 Å². The van der Waals surface area contributed by atoms with Crippen LogP contribution in [0.1, 0.15) is 59.5 Å². The van der Waals surface area contributed by atoms with Crippen LogP contribution in [0.25, 0.3) is 0 Å². The molecule has 0 bridgehead atoms. The maximum atomic E-state index is 13.0. The number of rotatable bonds is 4. The summed E-state index contributed by atoms with van der Waals surface area (Å²) in [5, 5.41) is 2.92. The molecule has 0 aromatic heterocycles. The molecule has 0 radical (unpaired) electrons. The monoisotopic (exact) mass is 352 g/mol. The number of carbonyl (C=O) groups is 2. The van der Waals surface area contributed by atoms with Gasteiger partial charge in [0.25, 0.3) is 11.8 Å². The van der Waals surface area contributed by atoms with Crippen LogP contribution in [0, 0.1) is 13.8 Å². The average molecular weight is 352 g/mol. The molecule has 138 valence electrons. The van der Waals surface area contributed by atoms with Gasteiger partial charge in [-0.3, -0.25) is 9.59 Å². The molecule has 0 spiro atoms. The Kier molecular flexibility index (Phi) is 5.86. The Bertz CT molecular complexity index is 802. The number of carbonyl (C=O) groups excluding carboxylic acids is 2. The van der Waals surface area contributed by atoms with Crippen molar-refractivity contribution in [2.24, 2.45) is 0 Å². The lowest BCUT2D eigenvalue weighted by molar-refractivity contribution is 0.0917. The highest BCUT2D eigenvalue weighted by molar-refractivity contribution is 6.07. The van der Waals surface area contributed by atoms with E-state index in [0.29, 0.717) is 17.7 Å². The number of benzene rings is 2. The van der Waals surface area contributed by atoms with Crippen LogP contribution in [0.3, 0.4) is 0 Å². The summed E-state index contributed by atoms with van der Waals surface area (Å²) < 4.78 is 0. The molecular weight excluding hydrogens is 324 g/mol. The Balaban J connectivity index is 2.25. The summed E-state index contributed by atoms with van der Waals surface area (Å²) in [6.45, 7) is 12.4. The molecule has 4 heteroatoms. The average Bonchev–Trinajstić information content (AvgIpc) is 2.57. The number of amides is 2. The topological polar surface area (TPSA) is 49.4 Å². The standard InChI is InChI=1S/C22H28N2O2/c1-7-24(19-14-15(2)8-9-16(19)3)21(26)18-12-10-17(11-13-18)20(25)23-22(4,5)6/h8-14H,7H2,1-6H3,(H,23,25). The zero-order valence-electron chi connectivity index (χ0n) is 16.5. The summed E-state index contributed by atoms with van der Waals surface area (Å²) in [4.78, 5) is 27.0. The molecule has 2 rings (SSSR count). The zero-order valence-corrected chi connectivity index (χ0v) is 16.5. The van der Waals surface area contributed by atoms with E-state index in [4.69, 9.17) is 0 Å². The Labute approximate surface area is 156 Å². The number of nitrogens with zero attached hydrogens (tertiary/aromatic N) is 1. The van der Waals surface area contributed by atoms with Crippen molar-refractivity contribution in [3.05, 3.63) is 64.7 Å². The van der Waals surface area contributed by atoms with E-state index in [1.54, 1.807) is 29.2 Å². The van der Waals surface area contributed by atoms with Crippen LogP contribution in [0.15, 0.2) is 42.5 Å². The SMILES string of the molecule is CCN(C(=O)c1ccc(C(=O)NC(C)(C)C)cc1)c1cc(C)ccc1C. The first-order chi connectivity index (χ1) is 12.1. The maximum Gasteiger partial charge on any atom is 0.258 e. The van der Waals surface area contributed by atoms with Crippen molar-refractivity contribution in [2.45, 2.75) is 47.1 Å². The third-order valence-corrected chi connectivity index (χ3v) is 4.10. The van der Waals surface area contributed by atoms with Gasteiger partial charge in [0, 0.05) is 28.9 Å². The Morgan fingerprint density at radius 1 is 0.962 bits per heavy atom. The van der Waals surface area contributed by atoms with Crippen LogP contribution < -0.4 is 10.2 Å². The number of hydrogen-bond donors (Lipinski definition) is 1. The molecule has 0 aliphatic heterocycles. The molecule has 0 saturated carbocycles. The predicted molar refractivity (Wildman–Crippen MR) is 107 cm³/mol. The lowest BCUT2D eigenvalue weighted by atomic mass is 10.1. The van der Waals surface area contributed by atoms with Crippen molar-refractivity contribution in [1.29, 1.82) is 0 Å². The first-order valence-corrected chi connectivity index (χ1v) is 8.94. The van der Waals surface area contributed by atoms with Gasteiger partial charge in [0.1, 0.15) is 0 Å². The molecule has 2 amide bonds. The van der Waals surface area contributed by atoms with E-state index >= 15 is 0 Å². The number of anilines is 1. The minimum atomic E-state index is -0.298. The smallest absolute Gasteiger partial charge is 0.258 e. The molecule has 0 fully saturated rings. The van der Waals surface area contributed by atoms with Crippen molar-refractivity contribution < 1.29 is 9.59 Å². The van der Waals surface area contributed by atoms with E-state index in [0.717, 1.165) is 16.8 Å². The molecule has 2 aromatic carbocycles. The zero-order chi connectivity index (χ0) is 19.5. The molecule has 0 heterocycles. The summed E-state index contributed by atoms with van der Waals surface area (Å²) in [6, 6.07) is 12.9. The molecular formula is C22H28N2O2. The van der Waals surface area contributed by atoms with Gasteiger partial charge in [-0.1, -0.05) is 12.1 Å². The van der Waals surface area contributed by atoms with Crippen molar-refractivity contribution in [3.8, 4) is 0 Å². The summed E-state index contributed by atoms with van der Waals surface area (Å²) in [5.41, 5.74) is 3.92. The summed E-state index contributed by atoms with van der Waals surface area (Å²) >= 11 is 0. The van der Waals surface area contributed by atoms with E-state index in [2.05, 4.69) is 5.32 Å². The van der Waals surface area contributed by atoms with E-state index in [-0.39, 0.29) is 17.4 Å². The molecule has 0 aliphatic rings. The second-order valence-corrected chi connectivity index (χ2v) is 7.62. The van der Waals surface area contributed by atoms with Crippen LogP contribution in [0.5, 0.6) is 0 Å². The van der Waals surface area contributed by atoms with Crippen molar-refractivity contribution >= 4 is 17.5 Å². The molecule has 1 N–H and O–H groups in total. The number of nitrogens with one attached hydrogen (secondary N) is 1. The summed E-state index contributed by atoms with van der Waals surface area (Å²) in [6.07, 6.45) is 0. The summed E-state index contributed by atoms with van der Waals surface area (Å²) in [7, 11) is 0. The van der Waals surface area contributed by atoms with Crippen LogP contribution in [0.2, 0.25) is 0 Å². The van der Waals surface area contributed by atoms with E-state index < -0.39 is 0 Å². The van der Waals surface area contributed by atoms with Crippen molar-refractivity contribution in [2.75, 3.05) is 11.4 Å². The van der Waals surface area contributed by atoms with E-state index in [1.165, 1.54) is 0 Å². The number of aryl methyl sites for hydroxylation is 2. The third-order valence-electron chi connectivity index (χ3n) is 4.10. The van der Waals surface area contributed by atoms with Crippen LogP contribution >= 0.6 is 0 Å².